The minimum atomic E-state index is -0.781. The summed E-state index contributed by atoms with van der Waals surface area (Å²) in [6, 6.07) is 8.16. The summed E-state index contributed by atoms with van der Waals surface area (Å²) in [5, 5.41) is 13.3. The molecule has 2 rings (SSSR count). The van der Waals surface area contributed by atoms with Gasteiger partial charge in [-0.15, -0.1) is 0 Å². The zero-order chi connectivity index (χ0) is 14.0. The maximum absolute atomic E-state index is 11.0. The lowest BCUT2D eigenvalue weighted by Gasteiger charge is -2.10. The molecule has 4 heteroatoms. The van der Waals surface area contributed by atoms with Gasteiger partial charge in [-0.2, -0.15) is 5.10 Å². The van der Waals surface area contributed by atoms with E-state index in [1.807, 2.05) is 32.2 Å². The first-order valence-electron chi connectivity index (χ1n) is 6.29. The number of benzene rings is 1. The molecule has 0 saturated carbocycles. The second-order valence-electron chi connectivity index (χ2n) is 4.94. The van der Waals surface area contributed by atoms with Crippen LogP contribution in [0.3, 0.4) is 0 Å². The number of rotatable bonds is 4. The lowest BCUT2D eigenvalue weighted by Crippen LogP contribution is -2.15. The Kier molecular flexibility index (Phi) is 3.69. The molecule has 1 N–H and O–H groups in total. The molecule has 1 aromatic carbocycles. The molecule has 100 valence electrons. The van der Waals surface area contributed by atoms with E-state index in [1.54, 1.807) is 17.8 Å². The molecule has 1 atom stereocenters. The van der Waals surface area contributed by atoms with Gasteiger partial charge in [0, 0.05) is 24.7 Å². The van der Waals surface area contributed by atoms with E-state index in [1.165, 1.54) is 5.56 Å². The number of hydrogen-bond donors (Lipinski definition) is 1. The minimum Gasteiger partial charge on any atom is -0.481 e. The largest absolute Gasteiger partial charge is 0.481 e. The Morgan fingerprint density at radius 2 is 2.21 bits per heavy atom. The van der Waals surface area contributed by atoms with Crippen LogP contribution >= 0.6 is 0 Å². The van der Waals surface area contributed by atoms with Crippen molar-refractivity contribution in [3.05, 3.63) is 41.7 Å². The summed E-state index contributed by atoms with van der Waals surface area (Å²) < 4.78 is 1.76. The van der Waals surface area contributed by atoms with Crippen LogP contribution in [0.2, 0.25) is 0 Å². The van der Waals surface area contributed by atoms with Gasteiger partial charge in [0.15, 0.2) is 0 Å². The second kappa shape index (κ2) is 5.26. The van der Waals surface area contributed by atoms with E-state index < -0.39 is 11.9 Å². The number of carbonyl (C=O) groups is 1. The highest BCUT2D eigenvalue weighted by molar-refractivity contribution is 5.71. The predicted molar refractivity (Wildman–Crippen MR) is 73.9 cm³/mol. The van der Waals surface area contributed by atoms with Crippen molar-refractivity contribution < 1.29 is 9.90 Å². The molecule has 0 fully saturated rings. The fraction of sp³-hybridized carbons (Fsp3) is 0.333. The maximum Gasteiger partial charge on any atom is 0.306 e. The summed E-state index contributed by atoms with van der Waals surface area (Å²) in [7, 11) is 1.85. The van der Waals surface area contributed by atoms with Crippen molar-refractivity contribution in [3.8, 4) is 11.1 Å². The Morgan fingerprint density at radius 3 is 2.84 bits per heavy atom. The Labute approximate surface area is 112 Å². The minimum absolute atomic E-state index is 0.418. The lowest BCUT2D eigenvalue weighted by atomic mass is 9.98. The Bertz CT molecular complexity index is 602. The number of carboxylic acid groups (broad SMARTS) is 1. The van der Waals surface area contributed by atoms with E-state index in [0.29, 0.717) is 6.42 Å². The van der Waals surface area contributed by atoms with E-state index in [4.69, 9.17) is 5.11 Å². The molecule has 2 aromatic rings. The highest BCUT2D eigenvalue weighted by atomic mass is 16.4. The van der Waals surface area contributed by atoms with Crippen molar-refractivity contribution in [2.75, 3.05) is 0 Å². The van der Waals surface area contributed by atoms with Crippen LogP contribution in [-0.2, 0) is 18.3 Å². The third kappa shape index (κ3) is 2.84. The van der Waals surface area contributed by atoms with Crippen LogP contribution in [0.5, 0.6) is 0 Å². The first-order chi connectivity index (χ1) is 8.99. The zero-order valence-electron chi connectivity index (χ0n) is 11.4. The second-order valence-corrected chi connectivity index (χ2v) is 4.94. The SMILES string of the molecule is Cc1cccc(-c2cnn(C)c2CC(C)C(=O)O)c1. The summed E-state index contributed by atoms with van der Waals surface area (Å²) in [5.74, 6) is -1.20. The average molecular weight is 258 g/mol. The number of nitrogens with zero attached hydrogens (tertiary/aromatic N) is 2. The topological polar surface area (TPSA) is 55.1 Å². The quantitative estimate of drug-likeness (QED) is 0.917. The monoisotopic (exact) mass is 258 g/mol. The van der Waals surface area contributed by atoms with Crippen molar-refractivity contribution in [1.29, 1.82) is 0 Å². The molecule has 0 aliphatic carbocycles. The third-order valence-corrected chi connectivity index (χ3v) is 3.31. The average Bonchev–Trinajstić information content (AvgIpc) is 2.71. The molecule has 1 unspecified atom stereocenters. The molecule has 19 heavy (non-hydrogen) atoms. The van der Waals surface area contributed by atoms with E-state index in [0.717, 1.165) is 16.8 Å². The summed E-state index contributed by atoms with van der Waals surface area (Å²) in [5.41, 5.74) is 4.24. The number of aromatic nitrogens is 2. The summed E-state index contributed by atoms with van der Waals surface area (Å²) >= 11 is 0. The number of hydrogen-bond acceptors (Lipinski definition) is 2. The van der Waals surface area contributed by atoms with Crippen LogP contribution in [0.25, 0.3) is 11.1 Å². The van der Waals surface area contributed by atoms with Crippen LogP contribution in [0, 0.1) is 12.8 Å². The van der Waals surface area contributed by atoms with Crippen LogP contribution in [0.1, 0.15) is 18.2 Å². The Morgan fingerprint density at radius 1 is 1.47 bits per heavy atom. The lowest BCUT2D eigenvalue weighted by molar-refractivity contribution is -0.141. The van der Waals surface area contributed by atoms with Gasteiger partial charge in [0.2, 0.25) is 0 Å². The van der Waals surface area contributed by atoms with Crippen molar-refractivity contribution in [2.45, 2.75) is 20.3 Å². The van der Waals surface area contributed by atoms with Crippen molar-refractivity contribution >= 4 is 5.97 Å². The van der Waals surface area contributed by atoms with Gasteiger partial charge >= 0.3 is 5.97 Å². The molecule has 0 saturated heterocycles. The summed E-state index contributed by atoms with van der Waals surface area (Å²) in [6.45, 7) is 3.76. The molecule has 0 radical (unpaired) electrons. The van der Waals surface area contributed by atoms with E-state index in [9.17, 15) is 4.79 Å². The molecule has 4 nitrogen and oxygen atoms in total. The molecular weight excluding hydrogens is 240 g/mol. The fourth-order valence-corrected chi connectivity index (χ4v) is 2.14. The molecule has 0 aliphatic rings. The number of aliphatic carboxylic acids is 1. The van der Waals surface area contributed by atoms with E-state index in [2.05, 4.69) is 11.2 Å². The maximum atomic E-state index is 11.0. The van der Waals surface area contributed by atoms with Gasteiger partial charge < -0.3 is 5.11 Å². The molecule has 1 aromatic heterocycles. The molecule has 0 amide bonds. The predicted octanol–water partition coefficient (Wildman–Crippen LogP) is 2.66. The zero-order valence-corrected chi connectivity index (χ0v) is 11.4. The smallest absolute Gasteiger partial charge is 0.306 e. The standard InChI is InChI=1S/C15H18N2O2/c1-10-5-4-6-12(7-10)13-9-16-17(3)14(13)8-11(2)15(18)19/h4-7,9,11H,8H2,1-3H3,(H,18,19). The van der Waals surface area contributed by atoms with Crippen LogP contribution in [-0.4, -0.2) is 20.9 Å². The molecule has 0 aliphatic heterocycles. The van der Waals surface area contributed by atoms with Crippen molar-refractivity contribution in [3.63, 3.8) is 0 Å². The van der Waals surface area contributed by atoms with Crippen LogP contribution in [0.4, 0.5) is 0 Å². The highest BCUT2D eigenvalue weighted by Crippen LogP contribution is 2.26. The Hall–Kier alpha value is -2.10. The van der Waals surface area contributed by atoms with Crippen LogP contribution in [0.15, 0.2) is 30.5 Å². The highest BCUT2D eigenvalue weighted by Gasteiger charge is 2.18. The Balaban J connectivity index is 2.40. The molecule has 1 heterocycles. The molecule has 0 bridgehead atoms. The summed E-state index contributed by atoms with van der Waals surface area (Å²) in [6.07, 6.45) is 2.29. The van der Waals surface area contributed by atoms with Crippen molar-refractivity contribution in [2.24, 2.45) is 13.0 Å². The van der Waals surface area contributed by atoms with Gasteiger partial charge in [-0.05, 0) is 12.5 Å². The fourth-order valence-electron chi connectivity index (χ4n) is 2.14. The van der Waals surface area contributed by atoms with E-state index >= 15 is 0 Å². The first kappa shape index (κ1) is 13.3. The van der Waals surface area contributed by atoms with Crippen LogP contribution < -0.4 is 0 Å². The summed E-state index contributed by atoms with van der Waals surface area (Å²) in [4.78, 5) is 11.0. The van der Waals surface area contributed by atoms with Gasteiger partial charge in [-0.25, -0.2) is 0 Å². The molecule has 0 spiro atoms. The van der Waals surface area contributed by atoms with Gasteiger partial charge in [0.1, 0.15) is 0 Å². The van der Waals surface area contributed by atoms with Crippen molar-refractivity contribution in [1.82, 2.24) is 9.78 Å². The van der Waals surface area contributed by atoms with Gasteiger partial charge in [-0.1, -0.05) is 36.8 Å². The van der Waals surface area contributed by atoms with Gasteiger partial charge in [-0.3, -0.25) is 9.48 Å². The van der Waals surface area contributed by atoms with E-state index in [-0.39, 0.29) is 0 Å². The van der Waals surface area contributed by atoms with Gasteiger partial charge in [0.05, 0.1) is 12.1 Å². The number of aryl methyl sites for hydroxylation is 2. The number of carboxylic acids is 1. The third-order valence-electron chi connectivity index (χ3n) is 3.31. The first-order valence-corrected chi connectivity index (χ1v) is 6.29. The normalized spacial score (nSPS) is 12.4. The van der Waals surface area contributed by atoms with Gasteiger partial charge in [0.25, 0.3) is 0 Å². The molecular formula is C15H18N2O2.